The Hall–Kier alpha value is -1.06. The molecule has 0 aliphatic carbocycles. The van der Waals surface area contributed by atoms with Crippen molar-refractivity contribution in [1.29, 1.82) is 0 Å². The van der Waals surface area contributed by atoms with Crippen LogP contribution < -0.4 is 5.73 Å². The maximum atomic E-state index is 8.50. The molecule has 0 bridgehead atoms. The summed E-state index contributed by atoms with van der Waals surface area (Å²) < 4.78 is 0. The van der Waals surface area contributed by atoms with Crippen LogP contribution in [0.2, 0.25) is 5.02 Å². The molecule has 0 unspecified atom stereocenters. The Bertz CT molecular complexity index is 299. The van der Waals surface area contributed by atoms with Gasteiger partial charge in [-0.15, -0.1) is 0 Å². The summed E-state index contributed by atoms with van der Waals surface area (Å²) in [5.41, 5.74) is 6.14. The number of anilines is 1. The summed E-state index contributed by atoms with van der Waals surface area (Å²) in [6.07, 6.45) is 4.83. The van der Waals surface area contributed by atoms with Gasteiger partial charge in [-0.25, -0.2) is 4.98 Å². The third kappa shape index (κ3) is 2.22. The highest BCUT2D eigenvalue weighted by Gasteiger charge is 1.96. The van der Waals surface area contributed by atoms with Gasteiger partial charge >= 0.3 is 0 Å². The fraction of sp³-hybridized carbons (Fsp3) is 0.125. The normalized spacial score (nSPS) is 10.8. The van der Waals surface area contributed by atoms with Gasteiger partial charge in [-0.2, -0.15) is 0 Å². The van der Waals surface area contributed by atoms with Gasteiger partial charge in [0.05, 0.1) is 11.6 Å². The second-order valence-corrected chi connectivity index (χ2v) is 2.62. The van der Waals surface area contributed by atoms with E-state index in [2.05, 4.69) is 4.98 Å². The molecule has 0 atom stereocenters. The molecule has 0 saturated heterocycles. The van der Waals surface area contributed by atoms with Gasteiger partial charge in [-0.3, -0.25) is 0 Å². The predicted molar refractivity (Wildman–Crippen MR) is 49.8 cm³/mol. The van der Waals surface area contributed by atoms with Gasteiger partial charge in [0.25, 0.3) is 0 Å². The average Bonchev–Trinajstić information content (AvgIpc) is 2.03. The van der Waals surface area contributed by atoms with E-state index < -0.39 is 0 Å². The molecule has 64 valence electrons. The molecule has 1 heterocycles. The number of hydrogen-bond acceptors (Lipinski definition) is 3. The molecule has 12 heavy (non-hydrogen) atoms. The van der Waals surface area contributed by atoms with Crippen LogP contribution in [-0.4, -0.2) is 16.7 Å². The Balaban J connectivity index is 2.94. The fourth-order valence-corrected chi connectivity index (χ4v) is 0.982. The molecule has 0 aromatic carbocycles. The maximum Gasteiger partial charge on any atom is 0.124 e. The van der Waals surface area contributed by atoms with E-state index in [4.69, 9.17) is 22.4 Å². The van der Waals surface area contributed by atoms with Crippen LogP contribution in [0.4, 0.5) is 5.82 Å². The lowest BCUT2D eigenvalue weighted by Gasteiger charge is -1.97. The van der Waals surface area contributed by atoms with Crippen LogP contribution in [0.25, 0.3) is 6.08 Å². The molecule has 0 spiro atoms. The lowest BCUT2D eigenvalue weighted by molar-refractivity contribution is 0.343. The van der Waals surface area contributed by atoms with E-state index in [-0.39, 0.29) is 6.61 Å². The van der Waals surface area contributed by atoms with Crippen molar-refractivity contribution < 1.29 is 5.11 Å². The molecule has 0 amide bonds. The Morgan fingerprint density at radius 3 is 3.00 bits per heavy atom. The fourth-order valence-electron chi connectivity index (χ4n) is 0.758. The van der Waals surface area contributed by atoms with E-state index in [1.54, 1.807) is 24.4 Å². The molecule has 3 nitrogen and oxygen atoms in total. The molecule has 0 aliphatic rings. The van der Waals surface area contributed by atoms with Gasteiger partial charge in [0.15, 0.2) is 0 Å². The highest BCUT2D eigenvalue weighted by molar-refractivity contribution is 6.32. The van der Waals surface area contributed by atoms with Gasteiger partial charge in [0.1, 0.15) is 5.82 Å². The minimum Gasteiger partial charge on any atom is -0.392 e. The van der Waals surface area contributed by atoms with E-state index in [9.17, 15) is 0 Å². The van der Waals surface area contributed by atoms with Crippen molar-refractivity contribution in [2.24, 2.45) is 0 Å². The molecule has 1 rings (SSSR count). The molecule has 0 radical (unpaired) electrons. The van der Waals surface area contributed by atoms with Crippen molar-refractivity contribution in [3.8, 4) is 0 Å². The first-order valence-electron chi connectivity index (χ1n) is 3.42. The summed E-state index contributed by atoms with van der Waals surface area (Å²) in [6, 6.07) is 1.57. The summed E-state index contributed by atoms with van der Waals surface area (Å²) >= 11 is 5.81. The molecule has 1 aromatic rings. The molecule has 0 fully saturated rings. The van der Waals surface area contributed by atoms with Gasteiger partial charge in [0.2, 0.25) is 0 Å². The van der Waals surface area contributed by atoms with Crippen molar-refractivity contribution >= 4 is 23.5 Å². The third-order valence-corrected chi connectivity index (χ3v) is 1.63. The zero-order chi connectivity index (χ0) is 8.97. The molecule has 3 N–H and O–H groups in total. The quantitative estimate of drug-likeness (QED) is 0.729. The number of aromatic nitrogens is 1. The smallest absolute Gasteiger partial charge is 0.124 e. The number of nitrogen functional groups attached to an aromatic ring is 1. The van der Waals surface area contributed by atoms with Crippen molar-refractivity contribution in [2.45, 2.75) is 0 Å². The predicted octanol–water partition coefficient (Wildman–Crippen LogP) is 1.32. The number of nitrogens with two attached hydrogens (primary N) is 1. The summed E-state index contributed by atoms with van der Waals surface area (Å²) in [6.45, 7) is -0.0132. The number of halogens is 1. The zero-order valence-corrected chi connectivity index (χ0v) is 7.12. The van der Waals surface area contributed by atoms with E-state index in [1.165, 1.54) is 0 Å². The van der Waals surface area contributed by atoms with Crippen LogP contribution in [-0.2, 0) is 0 Å². The van der Waals surface area contributed by atoms with Gasteiger partial charge in [-0.05, 0) is 6.07 Å². The van der Waals surface area contributed by atoms with Crippen LogP contribution in [0.1, 0.15) is 5.56 Å². The highest BCUT2D eigenvalue weighted by Crippen LogP contribution is 2.17. The van der Waals surface area contributed by atoms with E-state index >= 15 is 0 Å². The van der Waals surface area contributed by atoms with Gasteiger partial charge in [-0.1, -0.05) is 23.8 Å². The van der Waals surface area contributed by atoms with Crippen LogP contribution in [0.15, 0.2) is 18.3 Å². The lowest BCUT2D eigenvalue weighted by atomic mass is 10.2. The van der Waals surface area contributed by atoms with E-state index in [1.807, 2.05) is 0 Å². The van der Waals surface area contributed by atoms with Crippen molar-refractivity contribution in [3.05, 3.63) is 28.9 Å². The number of nitrogens with zero attached hydrogens (tertiary/aromatic N) is 1. The minimum absolute atomic E-state index is 0.0132. The Kier molecular flexibility index (Phi) is 3.08. The van der Waals surface area contributed by atoms with E-state index in [0.29, 0.717) is 10.8 Å². The Morgan fingerprint density at radius 2 is 2.42 bits per heavy atom. The second kappa shape index (κ2) is 4.09. The topological polar surface area (TPSA) is 59.1 Å². The number of aliphatic hydroxyl groups excluding tert-OH is 1. The molecule has 0 saturated carbocycles. The maximum absolute atomic E-state index is 8.50. The molecule has 0 aliphatic heterocycles. The third-order valence-electron chi connectivity index (χ3n) is 1.31. The Morgan fingerprint density at radius 1 is 1.67 bits per heavy atom. The second-order valence-electron chi connectivity index (χ2n) is 2.22. The first kappa shape index (κ1) is 9.03. The highest BCUT2D eigenvalue weighted by atomic mass is 35.5. The van der Waals surface area contributed by atoms with Crippen LogP contribution in [0.3, 0.4) is 0 Å². The molecule has 1 aromatic heterocycles. The first-order chi connectivity index (χ1) is 5.74. The monoisotopic (exact) mass is 184 g/mol. The minimum atomic E-state index is -0.0132. The van der Waals surface area contributed by atoms with Crippen LogP contribution >= 0.6 is 11.6 Å². The summed E-state index contributed by atoms with van der Waals surface area (Å²) in [5, 5.41) is 9.03. The number of aliphatic hydroxyl groups is 1. The SMILES string of the molecule is Nc1cc(Cl)c(C=CCO)cn1. The van der Waals surface area contributed by atoms with Crippen molar-refractivity contribution in [1.82, 2.24) is 4.98 Å². The zero-order valence-electron chi connectivity index (χ0n) is 6.37. The molecule has 4 heteroatoms. The lowest BCUT2D eigenvalue weighted by Crippen LogP contribution is -1.90. The van der Waals surface area contributed by atoms with E-state index in [0.717, 1.165) is 5.56 Å². The van der Waals surface area contributed by atoms with Crippen LogP contribution in [0.5, 0.6) is 0 Å². The van der Waals surface area contributed by atoms with Crippen molar-refractivity contribution in [3.63, 3.8) is 0 Å². The Labute approximate surface area is 75.5 Å². The number of hydrogen-bond donors (Lipinski definition) is 2. The molecular formula is C8H9ClN2O. The average molecular weight is 185 g/mol. The standard InChI is InChI=1S/C8H9ClN2O/c9-7-4-8(10)11-5-6(7)2-1-3-12/h1-2,4-5,12H,3H2,(H2,10,11). The van der Waals surface area contributed by atoms with Gasteiger partial charge in [0, 0.05) is 11.8 Å². The van der Waals surface area contributed by atoms with Gasteiger partial charge < -0.3 is 10.8 Å². The van der Waals surface area contributed by atoms with Crippen LogP contribution in [0, 0.1) is 0 Å². The summed E-state index contributed by atoms with van der Waals surface area (Å²) in [4.78, 5) is 3.85. The number of pyridine rings is 1. The summed E-state index contributed by atoms with van der Waals surface area (Å²) in [7, 11) is 0. The number of rotatable bonds is 2. The first-order valence-corrected chi connectivity index (χ1v) is 3.80. The summed E-state index contributed by atoms with van der Waals surface area (Å²) in [5.74, 6) is 0.390. The largest absolute Gasteiger partial charge is 0.392 e. The van der Waals surface area contributed by atoms with Crippen molar-refractivity contribution in [2.75, 3.05) is 12.3 Å². The molecular weight excluding hydrogens is 176 g/mol.